The van der Waals surface area contributed by atoms with Crippen molar-refractivity contribution in [3.63, 3.8) is 0 Å². The molecule has 14 heavy (non-hydrogen) atoms. The zero-order chi connectivity index (χ0) is 10.6. The lowest BCUT2D eigenvalue weighted by molar-refractivity contribution is -0.121. The van der Waals surface area contributed by atoms with E-state index in [0.29, 0.717) is 0 Å². The van der Waals surface area contributed by atoms with Crippen LogP contribution in [0.25, 0.3) is 0 Å². The fourth-order valence-electron chi connectivity index (χ4n) is 1.06. The Morgan fingerprint density at radius 2 is 2.14 bits per heavy atom. The van der Waals surface area contributed by atoms with Gasteiger partial charge in [0.05, 0.1) is 0 Å². The molecule has 0 fully saturated rings. The molecule has 3 nitrogen and oxygen atoms in total. The lowest BCUT2D eigenvalue weighted by atomic mass is 10.1. The monoisotopic (exact) mass is 200 g/mol. The van der Waals surface area contributed by atoms with Gasteiger partial charge in [-0.05, 0) is 18.1 Å². The van der Waals surface area contributed by atoms with Crippen LogP contribution in [0.4, 0.5) is 8.78 Å². The zero-order valence-corrected chi connectivity index (χ0v) is 7.39. The van der Waals surface area contributed by atoms with Crippen molar-refractivity contribution < 1.29 is 13.6 Å². The second kappa shape index (κ2) is 4.66. The van der Waals surface area contributed by atoms with E-state index in [-0.39, 0.29) is 18.4 Å². The maximum Gasteiger partial charge on any atom is 0.234 e. The van der Waals surface area contributed by atoms with Crippen molar-refractivity contribution in [2.24, 2.45) is 5.84 Å². The van der Waals surface area contributed by atoms with Crippen LogP contribution in [0, 0.1) is 11.6 Å². The van der Waals surface area contributed by atoms with E-state index >= 15 is 0 Å². The first-order valence-electron chi connectivity index (χ1n) is 4.07. The third kappa shape index (κ3) is 2.50. The fourth-order valence-corrected chi connectivity index (χ4v) is 1.06. The summed E-state index contributed by atoms with van der Waals surface area (Å²) in [5.41, 5.74) is 2.09. The average Bonchev–Trinajstić information content (AvgIpc) is 2.20. The highest BCUT2D eigenvalue weighted by atomic mass is 19.2. The quantitative estimate of drug-likeness (QED) is 0.432. The minimum atomic E-state index is -0.907. The second-order valence-electron chi connectivity index (χ2n) is 2.78. The summed E-state index contributed by atoms with van der Waals surface area (Å²) in [7, 11) is 0. The number of nitrogens with one attached hydrogen (secondary N) is 1. The van der Waals surface area contributed by atoms with Crippen LogP contribution in [-0.4, -0.2) is 5.91 Å². The molecule has 0 heterocycles. The Bertz CT molecular complexity index is 342. The van der Waals surface area contributed by atoms with Crippen LogP contribution in [0.2, 0.25) is 0 Å². The van der Waals surface area contributed by atoms with Crippen LogP contribution in [-0.2, 0) is 11.2 Å². The number of nitrogens with two attached hydrogens (primary N) is 1. The number of carbonyl (C=O) groups excluding carboxylic acids is 1. The van der Waals surface area contributed by atoms with E-state index in [4.69, 9.17) is 5.84 Å². The summed E-state index contributed by atoms with van der Waals surface area (Å²) in [5.74, 6) is 2.62. The SMILES string of the molecule is NNC(=O)CCc1cccc(F)c1F. The van der Waals surface area contributed by atoms with Crippen molar-refractivity contribution in [3.8, 4) is 0 Å². The van der Waals surface area contributed by atoms with Crippen LogP contribution < -0.4 is 11.3 Å². The molecular weight excluding hydrogens is 190 g/mol. The number of aryl methyl sites for hydroxylation is 1. The molecule has 0 bridgehead atoms. The van der Waals surface area contributed by atoms with Gasteiger partial charge < -0.3 is 0 Å². The number of amides is 1. The molecule has 1 aromatic rings. The van der Waals surface area contributed by atoms with E-state index in [2.05, 4.69) is 0 Å². The van der Waals surface area contributed by atoms with Crippen molar-refractivity contribution in [2.45, 2.75) is 12.8 Å². The van der Waals surface area contributed by atoms with Crippen LogP contribution in [0.3, 0.4) is 0 Å². The molecule has 0 aliphatic heterocycles. The Labute approximate surface area is 79.9 Å². The van der Waals surface area contributed by atoms with Crippen molar-refractivity contribution >= 4 is 5.91 Å². The number of carbonyl (C=O) groups is 1. The van der Waals surface area contributed by atoms with Crippen molar-refractivity contribution in [2.75, 3.05) is 0 Å². The van der Waals surface area contributed by atoms with Crippen LogP contribution >= 0.6 is 0 Å². The third-order valence-electron chi connectivity index (χ3n) is 1.81. The number of rotatable bonds is 3. The molecule has 0 saturated carbocycles. The van der Waals surface area contributed by atoms with Gasteiger partial charge in [0.1, 0.15) is 0 Å². The molecule has 1 aromatic carbocycles. The van der Waals surface area contributed by atoms with Crippen molar-refractivity contribution in [1.29, 1.82) is 0 Å². The Morgan fingerprint density at radius 3 is 2.79 bits per heavy atom. The molecule has 0 saturated heterocycles. The highest BCUT2D eigenvalue weighted by molar-refractivity contribution is 5.75. The predicted molar refractivity (Wildman–Crippen MR) is 47.0 cm³/mol. The minimum Gasteiger partial charge on any atom is -0.294 e. The standard InChI is InChI=1S/C9H10F2N2O/c10-7-3-1-2-6(9(7)11)4-5-8(14)13-12/h1-3H,4-5,12H2,(H,13,14). The lowest BCUT2D eigenvalue weighted by Gasteiger charge is -2.02. The summed E-state index contributed by atoms with van der Waals surface area (Å²) in [6, 6.07) is 3.86. The third-order valence-corrected chi connectivity index (χ3v) is 1.81. The highest BCUT2D eigenvalue weighted by Crippen LogP contribution is 2.12. The van der Waals surface area contributed by atoms with Gasteiger partial charge in [0.25, 0.3) is 0 Å². The number of hydrogen-bond acceptors (Lipinski definition) is 2. The Hall–Kier alpha value is -1.49. The first-order valence-corrected chi connectivity index (χ1v) is 4.07. The molecule has 0 aliphatic rings. The Kier molecular flexibility index (Phi) is 3.53. The molecule has 3 N–H and O–H groups in total. The van der Waals surface area contributed by atoms with Crippen LogP contribution in [0.1, 0.15) is 12.0 Å². The van der Waals surface area contributed by atoms with Gasteiger partial charge in [-0.15, -0.1) is 0 Å². The molecule has 0 unspecified atom stereocenters. The summed E-state index contributed by atoms with van der Waals surface area (Å²) >= 11 is 0. The highest BCUT2D eigenvalue weighted by Gasteiger charge is 2.08. The largest absolute Gasteiger partial charge is 0.294 e. The lowest BCUT2D eigenvalue weighted by Crippen LogP contribution is -2.30. The molecular formula is C9H10F2N2O. The van der Waals surface area contributed by atoms with Crippen molar-refractivity contribution in [1.82, 2.24) is 5.43 Å². The summed E-state index contributed by atoms with van der Waals surface area (Å²) in [5, 5.41) is 0. The maximum atomic E-state index is 13.0. The molecule has 0 aliphatic carbocycles. The van der Waals surface area contributed by atoms with Gasteiger partial charge >= 0.3 is 0 Å². The molecule has 0 radical (unpaired) electrons. The summed E-state index contributed by atoms with van der Waals surface area (Å²) in [6.45, 7) is 0. The Balaban J connectivity index is 2.68. The van der Waals surface area contributed by atoms with Gasteiger partial charge in [-0.3, -0.25) is 10.2 Å². The van der Waals surface area contributed by atoms with Crippen LogP contribution in [0.5, 0.6) is 0 Å². The van der Waals surface area contributed by atoms with E-state index in [0.717, 1.165) is 6.07 Å². The number of halogens is 2. The number of benzene rings is 1. The molecule has 76 valence electrons. The maximum absolute atomic E-state index is 13.0. The van der Waals surface area contributed by atoms with E-state index in [1.54, 1.807) is 0 Å². The molecule has 0 spiro atoms. The second-order valence-corrected chi connectivity index (χ2v) is 2.78. The van der Waals surface area contributed by atoms with Gasteiger partial charge in [-0.25, -0.2) is 14.6 Å². The van der Waals surface area contributed by atoms with Gasteiger partial charge in [-0.1, -0.05) is 12.1 Å². The fraction of sp³-hybridized carbons (Fsp3) is 0.222. The summed E-state index contributed by atoms with van der Waals surface area (Å²) in [6.07, 6.45) is 0.170. The van der Waals surface area contributed by atoms with Gasteiger partial charge in [-0.2, -0.15) is 0 Å². The summed E-state index contributed by atoms with van der Waals surface area (Å²) < 4.78 is 25.7. The van der Waals surface area contributed by atoms with E-state index in [9.17, 15) is 13.6 Å². The molecule has 0 aromatic heterocycles. The normalized spacial score (nSPS) is 9.93. The smallest absolute Gasteiger partial charge is 0.234 e. The molecule has 1 rings (SSSR count). The minimum absolute atomic E-state index is 0.0386. The van der Waals surface area contributed by atoms with E-state index in [1.165, 1.54) is 12.1 Å². The Morgan fingerprint density at radius 1 is 1.43 bits per heavy atom. The predicted octanol–water partition coefficient (Wildman–Crippen LogP) is 0.887. The average molecular weight is 200 g/mol. The number of hydrogen-bond donors (Lipinski definition) is 2. The van der Waals surface area contributed by atoms with Gasteiger partial charge in [0.15, 0.2) is 11.6 Å². The van der Waals surface area contributed by atoms with Crippen LogP contribution in [0.15, 0.2) is 18.2 Å². The molecule has 5 heteroatoms. The van der Waals surface area contributed by atoms with E-state index in [1.807, 2.05) is 5.43 Å². The van der Waals surface area contributed by atoms with Crippen molar-refractivity contribution in [3.05, 3.63) is 35.4 Å². The van der Waals surface area contributed by atoms with Gasteiger partial charge in [0, 0.05) is 6.42 Å². The summed E-state index contributed by atoms with van der Waals surface area (Å²) in [4.78, 5) is 10.7. The zero-order valence-electron chi connectivity index (χ0n) is 7.39. The van der Waals surface area contributed by atoms with Gasteiger partial charge in [0.2, 0.25) is 5.91 Å². The van der Waals surface area contributed by atoms with E-state index < -0.39 is 17.5 Å². The number of hydrazine groups is 1. The topological polar surface area (TPSA) is 55.1 Å². The molecule has 1 amide bonds. The first-order chi connectivity index (χ1) is 6.65. The molecule has 0 atom stereocenters. The first kappa shape index (κ1) is 10.6.